The van der Waals surface area contributed by atoms with E-state index in [-0.39, 0.29) is 48.2 Å². The summed E-state index contributed by atoms with van der Waals surface area (Å²) in [5, 5.41) is 8.83. The van der Waals surface area contributed by atoms with E-state index in [1.807, 2.05) is 138 Å². The largest absolute Gasteiger partial charge is 0.354 e. The Hall–Kier alpha value is -7.30. The Bertz CT molecular complexity index is 2600. The molecule has 3 atom stereocenters. The lowest BCUT2D eigenvalue weighted by Gasteiger charge is -2.24. The van der Waals surface area contributed by atoms with Gasteiger partial charge in [-0.05, 0) is 106 Å². The molecule has 2 aromatic heterocycles. The second-order valence-electron chi connectivity index (χ2n) is 17.5. The normalized spacial score (nSPS) is 17.1. The number of H-pyrrole nitrogens is 2. The van der Waals surface area contributed by atoms with Gasteiger partial charge in [0.1, 0.15) is 17.7 Å². The van der Waals surface area contributed by atoms with Gasteiger partial charge in [0, 0.05) is 36.6 Å². The first-order chi connectivity index (χ1) is 32.8. The minimum absolute atomic E-state index is 0.0215. The first-order valence-corrected chi connectivity index (χ1v) is 23.5. The van der Waals surface area contributed by atoms with Crippen LogP contribution >= 0.6 is 0 Å². The molecule has 9 rings (SSSR count). The van der Waals surface area contributed by atoms with E-state index in [0.717, 1.165) is 115 Å². The summed E-state index contributed by atoms with van der Waals surface area (Å²) in [6.07, 6.45) is 11.3. The number of aromatic nitrogens is 4. The number of benzene rings is 4. The molecule has 1 saturated carbocycles. The van der Waals surface area contributed by atoms with Crippen LogP contribution in [0.3, 0.4) is 0 Å². The Labute approximate surface area is 392 Å². The fraction of sp³-hybridized carbons (Fsp3) is 0.333. The number of likely N-dealkylation sites (N-methyl/N-ethyl adjacent to an activating group) is 1. The Morgan fingerprint density at radius 2 is 1.30 bits per heavy atom. The molecular weight excluding hydrogens is 839 g/mol. The Balaban J connectivity index is 0.000000940. The Morgan fingerprint density at radius 1 is 0.687 bits per heavy atom. The third-order valence-corrected chi connectivity index (χ3v) is 12.5. The standard InChI is InChI=1S/C48H53N9O4.C6H6/c1-56-27-7-12-41(56)47(60)55-44(36-9-3-2-4-10-36)48(61)49-26-6-5-13-42-50-29-38(53-42)34-20-16-32(17-21-34)14-15-33-18-22-35(23-19-33)39-30-51-45(54-39)40-11-8-28-57(40)43(58)31-52-46(59)37-24-25-37;1-2-4-6-5-3-1/h2-4,9-10,16-23,29-30,37,40-41,44H,5-8,11-13,24-28,31H2,1H3,(H,49,61)(H,50,53)(H,51,54)(H,52,59)(H,55,60);1-6H. The van der Waals surface area contributed by atoms with Crippen molar-refractivity contribution in [2.45, 2.75) is 75.9 Å². The smallest absolute Gasteiger partial charge is 0.247 e. The number of carbonyl (C=O) groups is 4. The van der Waals surface area contributed by atoms with E-state index in [2.05, 4.69) is 47.7 Å². The highest BCUT2D eigenvalue weighted by Crippen LogP contribution is 2.32. The molecule has 6 aromatic rings. The molecule has 3 fully saturated rings. The zero-order chi connectivity index (χ0) is 46.4. The van der Waals surface area contributed by atoms with E-state index in [9.17, 15) is 19.2 Å². The number of unbranched alkanes of at least 4 members (excludes halogenated alkanes) is 1. The van der Waals surface area contributed by atoms with Gasteiger partial charge in [0.15, 0.2) is 0 Å². The number of likely N-dealkylation sites (tertiary alicyclic amines) is 2. The van der Waals surface area contributed by atoms with E-state index in [0.29, 0.717) is 13.1 Å². The van der Waals surface area contributed by atoms with Crippen LogP contribution in [-0.4, -0.2) is 92.6 Å². The number of aromatic amines is 2. The summed E-state index contributed by atoms with van der Waals surface area (Å²) in [7, 11) is 1.95. The molecule has 4 amide bonds. The van der Waals surface area contributed by atoms with Crippen LogP contribution in [0.1, 0.15) is 91.8 Å². The van der Waals surface area contributed by atoms with Gasteiger partial charge in [0.2, 0.25) is 23.6 Å². The lowest BCUT2D eigenvalue weighted by Crippen LogP contribution is -2.47. The molecule has 4 aromatic carbocycles. The molecule has 3 unspecified atom stereocenters. The summed E-state index contributed by atoms with van der Waals surface area (Å²) < 4.78 is 0. The van der Waals surface area contributed by atoms with Crippen molar-refractivity contribution in [2.24, 2.45) is 5.92 Å². The average Bonchev–Trinajstić information content (AvgIpc) is 3.76. The highest BCUT2D eigenvalue weighted by molar-refractivity contribution is 5.91. The van der Waals surface area contributed by atoms with Gasteiger partial charge in [-0.2, -0.15) is 0 Å². The minimum Gasteiger partial charge on any atom is -0.354 e. The van der Waals surface area contributed by atoms with Gasteiger partial charge < -0.3 is 30.8 Å². The summed E-state index contributed by atoms with van der Waals surface area (Å²) in [5.41, 5.74) is 6.36. The topological polar surface area (TPSA) is 168 Å². The number of hydrogen-bond donors (Lipinski definition) is 5. The van der Waals surface area contributed by atoms with Gasteiger partial charge in [-0.25, -0.2) is 9.97 Å². The molecule has 13 heteroatoms. The monoisotopic (exact) mass is 897 g/mol. The van der Waals surface area contributed by atoms with Crippen molar-refractivity contribution in [3.05, 3.63) is 156 Å². The molecule has 2 saturated heterocycles. The van der Waals surface area contributed by atoms with Crippen molar-refractivity contribution in [3.8, 4) is 34.4 Å². The van der Waals surface area contributed by atoms with Crippen LogP contribution in [0.25, 0.3) is 22.5 Å². The fourth-order valence-corrected chi connectivity index (χ4v) is 8.54. The molecule has 13 nitrogen and oxygen atoms in total. The maximum atomic E-state index is 13.3. The van der Waals surface area contributed by atoms with Crippen molar-refractivity contribution < 1.29 is 19.2 Å². The highest BCUT2D eigenvalue weighted by Gasteiger charge is 2.34. The molecule has 0 bridgehead atoms. The summed E-state index contributed by atoms with van der Waals surface area (Å²) in [6.45, 7) is 2.07. The number of nitrogens with one attached hydrogen (secondary N) is 5. The zero-order valence-electron chi connectivity index (χ0n) is 38.0. The predicted molar refractivity (Wildman–Crippen MR) is 259 cm³/mol. The zero-order valence-corrected chi connectivity index (χ0v) is 38.0. The van der Waals surface area contributed by atoms with E-state index in [1.54, 1.807) is 6.20 Å². The second kappa shape index (κ2) is 22.7. The lowest BCUT2D eigenvalue weighted by molar-refractivity contribution is -0.134. The third kappa shape index (κ3) is 12.7. The molecule has 3 aliphatic rings. The van der Waals surface area contributed by atoms with Crippen LogP contribution in [0.4, 0.5) is 0 Å². The molecule has 1 aliphatic carbocycles. The number of rotatable bonds is 15. The van der Waals surface area contributed by atoms with Gasteiger partial charge >= 0.3 is 0 Å². The first-order valence-electron chi connectivity index (χ1n) is 23.5. The van der Waals surface area contributed by atoms with Gasteiger partial charge in [0.25, 0.3) is 0 Å². The number of amides is 4. The number of imidazole rings is 2. The summed E-state index contributed by atoms with van der Waals surface area (Å²) in [5.74, 6) is 7.84. The minimum atomic E-state index is -0.738. The van der Waals surface area contributed by atoms with E-state index in [1.165, 1.54) is 0 Å². The van der Waals surface area contributed by atoms with Crippen molar-refractivity contribution in [2.75, 3.05) is 33.2 Å². The van der Waals surface area contributed by atoms with Crippen molar-refractivity contribution in [1.82, 2.24) is 45.7 Å². The van der Waals surface area contributed by atoms with E-state index in [4.69, 9.17) is 0 Å². The maximum Gasteiger partial charge on any atom is 0.247 e. The summed E-state index contributed by atoms with van der Waals surface area (Å²) in [4.78, 5) is 71.2. The third-order valence-electron chi connectivity index (χ3n) is 12.5. The molecular formula is C54H59N9O4. The second-order valence-corrected chi connectivity index (χ2v) is 17.5. The lowest BCUT2D eigenvalue weighted by atomic mass is 10.0. The maximum absolute atomic E-state index is 13.3. The van der Waals surface area contributed by atoms with E-state index < -0.39 is 6.04 Å². The summed E-state index contributed by atoms with van der Waals surface area (Å²) in [6, 6.07) is 36.4. The van der Waals surface area contributed by atoms with Crippen LogP contribution in [0.5, 0.6) is 0 Å². The van der Waals surface area contributed by atoms with Crippen molar-refractivity contribution >= 4 is 23.6 Å². The number of hydrogen-bond acceptors (Lipinski definition) is 7. The molecule has 0 radical (unpaired) electrons. The molecule has 0 spiro atoms. The molecule has 4 heterocycles. The van der Waals surface area contributed by atoms with Crippen LogP contribution in [0.2, 0.25) is 0 Å². The van der Waals surface area contributed by atoms with Gasteiger partial charge in [-0.3, -0.25) is 24.1 Å². The van der Waals surface area contributed by atoms with Crippen molar-refractivity contribution in [1.29, 1.82) is 0 Å². The number of nitrogens with zero attached hydrogens (tertiary/aromatic N) is 4. The van der Waals surface area contributed by atoms with Crippen LogP contribution in [0.15, 0.2) is 128 Å². The van der Waals surface area contributed by atoms with E-state index >= 15 is 0 Å². The molecule has 344 valence electrons. The SMILES string of the molecule is CN1CCCC1C(=O)NC(C(=O)NCCCCc1ncc(-c2ccc(C#Cc3ccc(-c4cnc(C5CCCN5C(=O)CNC(=O)C5CC5)[nH]4)cc3)cc2)[nH]1)c1ccccc1.c1ccccc1. The number of carbonyl (C=O) groups excluding carboxylic acids is 4. The fourth-order valence-electron chi connectivity index (χ4n) is 8.54. The van der Waals surface area contributed by atoms with Crippen LogP contribution < -0.4 is 16.0 Å². The Morgan fingerprint density at radius 3 is 1.93 bits per heavy atom. The first kappa shape index (κ1) is 46.2. The molecule has 67 heavy (non-hydrogen) atoms. The summed E-state index contributed by atoms with van der Waals surface area (Å²) >= 11 is 0. The predicted octanol–water partition coefficient (Wildman–Crippen LogP) is 7.13. The Kier molecular flexibility index (Phi) is 15.7. The molecule has 5 N–H and O–H groups in total. The van der Waals surface area contributed by atoms with Gasteiger partial charge in [-0.1, -0.05) is 103 Å². The molecule has 2 aliphatic heterocycles. The van der Waals surface area contributed by atoms with Crippen LogP contribution in [0, 0.1) is 17.8 Å². The van der Waals surface area contributed by atoms with Gasteiger partial charge in [-0.15, -0.1) is 0 Å². The number of aryl methyl sites for hydroxylation is 1. The van der Waals surface area contributed by atoms with Crippen LogP contribution in [-0.2, 0) is 25.6 Å². The average molecular weight is 898 g/mol. The highest BCUT2D eigenvalue weighted by atomic mass is 16.2. The van der Waals surface area contributed by atoms with Gasteiger partial charge in [0.05, 0.1) is 42.4 Å². The van der Waals surface area contributed by atoms with Crippen molar-refractivity contribution in [3.63, 3.8) is 0 Å². The quantitative estimate of drug-likeness (QED) is 0.0540.